The summed E-state index contributed by atoms with van der Waals surface area (Å²) in [4.78, 5) is 0. The molecule has 0 saturated heterocycles. The Morgan fingerprint density at radius 1 is 1.28 bits per heavy atom. The number of nitrogens with zero attached hydrogens (tertiary/aromatic N) is 4. The van der Waals surface area contributed by atoms with Crippen LogP contribution in [-0.2, 0) is 14.1 Å². The van der Waals surface area contributed by atoms with Gasteiger partial charge in [-0.25, -0.2) is 4.39 Å². The lowest BCUT2D eigenvalue weighted by Crippen LogP contribution is -2.18. The second kappa shape index (κ2) is 5.97. The van der Waals surface area contributed by atoms with Gasteiger partial charge in [0.2, 0.25) is 0 Å². The summed E-state index contributed by atoms with van der Waals surface area (Å²) in [6.07, 6.45) is 1.86. The van der Waals surface area contributed by atoms with Crippen LogP contribution in [0.4, 0.5) is 4.39 Å². The topological polar surface area (TPSA) is 102 Å². The summed E-state index contributed by atoms with van der Waals surface area (Å²) in [5.74, 6) is -1.39. The Kier molecular flexibility index (Phi) is 3.96. The summed E-state index contributed by atoms with van der Waals surface area (Å²) in [5.41, 5.74) is 8.82. The number of amidine groups is 1. The first kappa shape index (κ1) is 16.6. The largest absolute Gasteiger partial charge is 0.505 e. The molecule has 2 aromatic heterocycles. The fourth-order valence-electron chi connectivity index (χ4n) is 3.01. The number of hydrogen-bond acceptors (Lipinski definition) is 4. The highest BCUT2D eigenvalue weighted by molar-refractivity contribution is 6.05. The van der Waals surface area contributed by atoms with Crippen molar-refractivity contribution in [2.75, 3.05) is 0 Å². The molecule has 8 heteroatoms. The number of aromatic nitrogens is 3. The van der Waals surface area contributed by atoms with Gasteiger partial charge in [-0.1, -0.05) is 11.2 Å². The lowest BCUT2D eigenvalue weighted by molar-refractivity contribution is 0.318. The SMILES string of the molecule is Cc1ccn(C)c1-c1c(-c2cccc(O)c2F)nn(C)c1/C(N)=N/O. The molecule has 2 heterocycles. The van der Waals surface area contributed by atoms with Gasteiger partial charge in [-0.2, -0.15) is 5.10 Å². The van der Waals surface area contributed by atoms with Crippen LogP contribution in [0.2, 0.25) is 0 Å². The highest BCUT2D eigenvalue weighted by Crippen LogP contribution is 2.38. The third-order valence-electron chi connectivity index (χ3n) is 4.14. The van der Waals surface area contributed by atoms with Crippen molar-refractivity contribution < 1.29 is 14.7 Å². The zero-order chi connectivity index (χ0) is 18.3. The second-order valence-electron chi connectivity index (χ2n) is 5.78. The molecular formula is C17H18FN5O2. The fourth-order valence-corrected chi connectivity index (χ4v) is 3.01. The van der Waals surface area contributed by atoms with Crippen molar-refractivity contribution in [1.82, 2.24) is 14.3 Å². The lowest BCUT2D eigenvalue weighted by atomic mass is 10.00. The lowest BCUT2D eigenvalue weighted by Gasteiger charge is -2.10. The predicted octanol–water partition coefficient (Wildman–Crippen LogP) is 2.34. The molecule has 1 aromatic carbocycles. The number of halogens is 1. The van der Waals surface area contributed by atoms with E-state index in [0.717, 1.165) is 11.3 Å². The van der Waals surface area contributed by atoms with Gasteiger partial charge in [0.15, 0.2) is 17.4 Å². The molecule has 0 aliphatic heterocycles. The average Bonchev–Trinajstić information content (AvgIpc) is 3.08. The standard InChI is InChI=1S/C17H18FN5O2/c1-9-7-8-22(2)15(9)12-14(10-5-4-6-11(24)13(10)18)20-23(3)16(12)17(19)21-25/h4-8,24-25H,1-3H3,(H2,19,21). The molecule has 25 heavy (non-hydrogen) atoms. The van der Waals surface area contributed by atoms with Crippen molar-refractivity contribution in [2.45, 2.75) is 6.92 Å². The van der Waals surface area contributed by atoms with Crippen LogP contribution in [0, 0.1) is 12.7 Å². The van der Waals surface area contributed by atoms with Crippen LogP contribution < -0.4 is 5.73 Å². The minimum atomic E-state index is -0.778. The molecule has 0 atom stereocenters. The van der Waals surface area contributed by atoms with Gasteiger partial charge in [0.1, 0.15) is 11.4 Å². The normalized spacial score (nSPS) is 11.9. The van der Waals surface area contributed by atoms with Crippen LogP contribution in [0.5, 0.6) is 5.75 Å². The van der Waals surface area contributed by atoms with Crippen molar-refractivity contribution in [2.24, 2.45) is 25.0 Å². The maximum absolute atomic E-state index is 14.5. The summed E-state index contributed by atoms with van der Waals surface area (Å²) in [6, 6.07) is 6.23. The zero-order valence-electron chi connectivity index (χ0n) is 14.0. The summed E-state index contributed by atoms with van der Waals surface area (Å²) < 4.78 is 17.8. The smallest absolute Gasteiger partial charge is 0.189 e. The Morgan fingerprint density at radius 2 is 2.00 bits per heavy atom. The molecular weight excluding hydrogens is 325 g/mol. The highest BCUT2D eigenvalue weighted by Gasteiger charge is 2.27. The first-order valence-electron chi connectivity index (χ1n) is 7.51. The van der Waals surface area contributed by atoms with Gasteiger partial charge in [0.25, 0.3) is 0 Å². The molecule has 130 valence electrons. The van der Waals surface area contributed by atoms with E-state index in [1.165, 1.54) is 22.9 Å². The minimum Gasteiger partial charge on any atom is -0.505 e. The van der Waals surface area contributed by atoms with Crippen LogP contribution in [-0.4, -0.2) is 30.5 Å². The van der Waals surface area contributed by atoms with E-state index in [1.54, 1.807) is 7.05 Å². The fraction of sp³-hybridized carbons (Fsp3) is 0.176. The summed E-state index contributed by atoms with van der Waals surface area (Å²) in [5, 5.41) is 26.3. The Hall–Kier alpha value is -3.29. The number of aryl methyl sites for hydroxylation is 3. The van der Waals surface area contributed by atoms with Gasteiger partial charge in [-0.15, -0.1) is 0 Å². The number of oxime groups is 1. The van der Waals surface area contributed by atoms with Crippen molar-refractivity contribution in [3.05, 3.63) is 47.5 Å². The molecule has 7 nitrogen and oxygen atoms in total. The number of aromatic hydroxyl groups is 1. The van der Waals surface area contributed by atoms with Gasteiger partial charge in [0.05, 0.1) is 11.3 Å². The maximum Gasteiger partial charge on any atom is 0.189 e. The number of nitrogens with two attached hydrogens (primary N) is 1. The van der Waals surface area contributed by atoms with Crippen molar-refractivity contribution in [1.29, 1.82) is 0 Å². The molecule has 0 aliphatic rings. The third kappa shape index (κ3) is 2.51. The Labute approximate surface area is 143 Å². The van der Waals surface area contributed by atoms with Crippen LogP contribution in [0.3, 0.4) is 0 Å². The molecule has 3 rings (SSSR count). The molecule has 0 amide bonds. The van der Waals surface area contributed by atoms with E-state index in [4.69, 9.17) is 10.9 Å². The van der Waals surface area contributed by atoms with Crippen molar-refractivity contribution in [3.8, 4) is 28.3 Å². The Balaban J connectivity index is 2.44. The van der Waals surface area contributed by atoms with Crippen LogP contribution in [0.15, 0.2) is 35.6 Å². The van der Waals surface area contributed by atoms with E-state index in [0.29, 0.717) is 17.0 Å². The van der Waals surface area contributed by atoms with Crippen molar-refractivity contribution >= 4 is 5.84 Å². The van der Waals surface area contributed by atoms with Gasteiger partial charge < -0.3 is 20.6 Å². The maximum atomic E-state index is 14.5. The van der Waals surface area contributed by atoms with Gasteiger partial charge in [-0.3, -0.25) is 4.68 Å². The number of phenolic OH excluding ortho intramolecular Hbond substituents is 1. The molecule has 3 aromatic rings. The van der Waals surface area contributed by atoms with Crippen LogP contribution in [0.1, 0.15) is 11.3 Å². The number of benzene rings is 1. The average molecular weight is 343 g/mol. The quantitative estimate of drug-likeness (QED) is 0.294. The number of phenols is 1. The molecule has 0 radical (unpaired) electrons. The Bertz CT molecular complexity index is 968. The van der Waals surface area contributed by atoms with Gasteiger partial charge in [0, 0.05) is 25.9 Å². The van der Waals surface area contributed by atoms with E-state index >= 15 is 0 Å². The van der Waals surface area contributed by atoms with E-state index in [1.807, 2.05) is 30.8 Å². The monoisotopic (exact) mass is 343 g/mol. The van der Waals surface area contributed by atoms with Gasteiger partial charge >= 0.3 is 0 Å². The van der Waals surface area contributed by atoms with E-state index in [-0.39, 0.29) is 11.4 Å². The number of hydrogen-bond donors (Lipinski definition) is 3. The molecule has 4 N–H and O–H groups in total. The summed E-state index contributed by atoms with van der Waals surface area (Å²) >= 11 is 0. The number of rotatable bonds is 3. The first-order chi connectivity index (χ1) is 11.9. The van der Waals surface area contributed by atoms with Gasteiger partial charge in [-0.05, 0) is 30.7 Å². The molecule has 0 spiro atoms. The van der Waals surface area contributed by atoms with E-state index in [2.05, 4.69) is 10.3 Å². The second-order valence-corrected chi connectivity index (χ2v) is 5.78. The minimum absolute atomic E-state index is 0.128. The molecule has 0 saturated carbocycles. The molecule has 0 bridgehead atoms. The zero-order valence-corrected chi connectivity index (χ0v) is 14.0. The van der Waals surface area contributed by atoms with Crippen LogP contribution in [0.25, 0.3) is 22.5 Å². The summed E-state index contributed by atoms with van der Waals surface area (Å²) in [7, 11) is 3.47. The van der Waals surface area contributed by atoms with Crippen molar-refractivity contribution in [3.63, 3.8) is 0 Å². The third-order valence-corrected chi connectivity index (χ3v) is 4.14. The highest BCUT2D eigenvalue weighted by atomic mass is 19.1. The summed E-state index contributed by atoms with van der Waals surface area (Å²) in [6.45, 7) is 1.90. The van der Waals surface area contributed by atoms with E-state index in [9.17, 15) is 9.50 Å². The first-order valence-corrected chi connectivity index (χ1v) is 7.51. The van der Waals surface area contributed by atoms with E-state index < -0.39 is 11.6 Å². The molecule has 0 fully saturated rings. The molecule has 0 aliphatic carbocycles. The Morgan fingerprint density at radius 3 is 2.60 bits per heavy atom. The predicted molar refractivity (Wildman–Crippen MR) is 91.9 cm³/mol. The molecule has 0 unspecified atom stereocenters. The van der Waals surface area contributed by atoms with Crippen LogP contribution >= 0.6 is 0 Å².